The lowest BCUT2D eigenvalue weighted by atomic mass is 10.1. The molecule has 6 heteroatoms. The molecule has 0 spiro atoms. The Labute approximate surface area is 113 Å². The van der Waals surface area contributed by atoms with E-state index in [4.69, 9.17) is 14.2 Å². The molecule has 0 bridgehead atoms. The first kappa shape index (κ1) is 13.1. The summed E-state index contributed by atoms with van der Waals surface area (Å²) < 4.78 is 16.8. The van der Waals surface area contributed by atoms with E-state index in [1.807, 2.05) is 0 Å². The smallest absolute Gasteiger partial charge is 0.330 e. The maximum Gasteiger partial charge on any atom is 0.330 e. The van der Waals surface area contributed by atoms with Gasteiger partial charge in [-0.1, -0.05) is 24.3 Å². The molecule has 0 aliphatic rings. The van der Waals surface area contributed by atoms with Gasteiger partial charge in [-0.05, 0) is 18.2 Å². The molecule has 1 heterocycles. The Kier molecular flexibility index (Phi) is 2.98. The second-order valence-corrected chi connectivity index (χ2v) is 6.19. The maximum absolute atomic E-state index is 12.4. The highest BCUT2D eigenvalue weighted by Gasteiger charge is 2.18. The zero-order valence-electron chi connectivity index (χ0n) is 10.3. The number of fused-ring (bicyclic) bond motifs is 2. The van der Waals surface area contributed by atoms with Crippen LogP contribution in [0.3, 0.4) is 0 Å². The molecule has 1 aromatic heterocycles. The van der Waals surface area contributed by atoms with Gasteiger partial charge in [-0.2, -0.15) is 0 Å². The van der Waals surface area contributed by atoms with Gasteiger partial charge >= 0.3 is 7.60 Å². The van der Waals surface area contributed by atoms with Crippen molar-refractivity contribution in [3.8, 4) is 0 Å². The fourth-order valence-corrected chi connectivity index (χ4v) is 2.92. The van der Waals surface area contributed by atoms with E-state index in [-0.39, 0.29) is 11.0 Å². The van der Waals surface area contributed by atoms with Gasteiger partial charge in [0.1, 0.15) is 11.2 Å². The van der Waals surface area contributed by atoms with Crippen LogP contribution in [0.5, 0.6) is 0 Å². The van der Waals surface area contributed by atoms with Gasteiger partial charge in [0.05, 0.1) is 16.9 Å². The first-order chi connectivity index (χ1) is 9.46. The molecule has 5 nitrogen and oxygen atoms in total. The zero-order chi connectivity index (χ0) is 14.3. The van der Waals surface area contributed by atoms with Gasteiger partial charge in [-0.3, -0.25) is 9.36 Å². The highest BCUT2D eigenvalue weighted by molar-refractivity contribution is 7.50. The van der Waals surface area contributed by atoms with E-state index >= 15 is 0 Å². The summed E-state index contributed by atoms with van der Waals surface area (Å²) in [7, 11) is -4.23. The summed E-state index contributed by atoms with van der Waals surface area (Å²) >= 11 is 0. The van der Waals surface area contributed by atoms with Crippen LogP contribution in [0.25, 0.3) is 21.9 Å². The van der Waals surface area contributed by atoms with Crippen molar-refractivity contribution >= 4 is 29.5 Å². The molecule has 3 rings (SSSR count). The Morgan fingerprint density at radius 3 is 2.45 bits per heavy atom. The molecule has 0 saturated carbocycles. The van der Waals surface area contributed by atoms with Crippen LogP contribution < -0.4 is 5.43 Å². The lowest BCUT2D eigenvalue weighted by Gasteiger charge is -2.08. The lowest BCUT2D eigenvalue weighted by molar-refractivity contribution is 0.371. The Morgan fingerprint density at radius 2 is 1.70 bits per heavy atom. The van der Waals surface area contributed by atoms with Crippen molar-refractivity contribution in [2.75, 3.05) is 0 Å². The maximum atomic E-state index is 12.4. The van der Waals surface area contributed by atoms with Crippen molar-refractivity contribution in [1.29, 1.82) is 0 Å². The predicted molar refractivity (Wildman–Crippen MR) is 75.7 cm³/mol. The van der Waals surface area contributed by atoms with Gasteiger partial charge in [0, 0.05) is 5.56 Å². The highest BCUT2D eigenvalue weighted by atomic mass is 31.2. The summed E-state index contributed by atoms with van der Waals surface area (Å²) in [5, 5.41) is 0.781. The monoisotopic (exact) mass is 290 g/mol. The Bertz CT molecular complexity index is 906. The van der Waals surface area contributed by atoms with Crippen LogP contribution in [0.4, 0.5) is 0 Å². The first-order valence-electron chi connectivity index (χ1n) is 5.94. The van der Waals surface area contributed by atoms with Gasteiger partial charge in [0.25, 0.3) is 0 Å². The molecular formula is C14H11O5P. The van der Waals surface area contributed by atoms with Crippen LogP contribution in [-0.2, 0) is 10.7 Å². The van der Waals surface area contributed by atoms with Crippen molar-refractivity contribution in [2.45, 2.75) is 6.16 Å². The number of hydrogen-bond acceptors (Lipinski definition) is 3. The summed E-state index contributed by atoms with van der Waals surface area (Å²) in [4.78, 5) is 30.6. The zero-order valence-corrected chi connectivity index (χ0v) is 11.2. The molecule has 0 amide bonds. The van der Waals surface area contributed by atoms with E-state index in [0.717, 1.165) is 0 Å². The molecule has 3 aromatic rings. The van der Waals surface area contributed by atoms with Gasteiger partial charge < -0.3 is 14.2 Å². The molecule has 20 heavy (non-hydrogen) atoms. The molecular weight excluding hydrogens is 279 g/mol. The fraction of sp³-hybridized carbons (Fsp3) is 0.0714. The predicted octanol–water partition coefficient (Wildman–Crippen LogP) is 2.62. The second kappa shape index (κ2) is 4.56. The van der Waals surface area contributed by atoms with Crippen molar-refractivity contribution in [3.63, 3.8) is 0 Å². The van der Waals surface area contributed by atoms with E-state index in [9.17, 15) is 9.36 Å². The molecule has 0 atom stereocenters. The molecule has 102 valence electrons. The third kappa shape index (κ3) is 2.27. The normalized spacial score (nSPS) is 12.1. The minimum Gasteiger partial charge on any atom is -0.456 e. The van der Waals surface area contributed by atoms with Crippen LogP contribution in [0.2, 0.25) is 0 Å². The van der Waals surface area contributed by atoms with Crippen molar-refractivity contribution in [1.82, 2.24) is 0 Å². The fourth-order valence-electron chi connectivity index (χ4n) is 2.23. The second-order valence-electron chi connectivity index (χ2n) is 4.54. The van der Waals surface area contributed by atoms with Crippen molar-refractivity contribution in [2.24, 2.45) is 0 Å². The quantitative estimate of drug-likeness (QED) is 0.559. The van der Waals surface area contributed by atoms with Gasteiger partial charge in [-0.15, -0.1) is 0 Å². The van der Waals surface area contributed by atoms with Crippen LogP contribution in [0.1, 0.15) is 5.56 Å². The molecule has 2 aromatic carbocycles. The molecule has 0 saturated heterocycles. The Morgan fingerprint density at radius 1 is 1.00 bits per heavy atom. The van der Waals surface area contributed by atoms with Crippen LogP contribution in [0, 0.1) is 0 Å². The lowest BCUT2D eigenvalue weighted by Crippen LogP contribution is -2.03. The third-order valence-corrected chi connectivity index (χ3v) is 3.81. The largest absolute Gasteiger partial charge is 0.456 e. The average Bonchev–Trinajstić information content (AvgIpc) is 2.39. The minimum atomic E-state index is -4.23. The van der Waals surface area contributed by atoms with E-state index in [0.29, 0.717) is 21.9 Å². The Balaban J connectivity index is 2.40. The SMILES string of the molecule is O=c1c2ccccc2oc2c(CP(=O)(O)O)cccc12. The van der Waals surface area contributed by atoms with Crippen LogP contribution in [0.15, 0.2) is 51.7 Å². The standard InChI is InChI=1S/C14H11O5P/c15-13-10-5-1-2-7-12(10)19-14-9(8-20(16,17)18)4-3-6-11(13)14/h1-7H,8H2,(H2,16,17,18). The highest BCUT2D eigenvalue weighted by Crippen LogP contribution is 2.40. The summed E-state index contributed by atoms with van der Waals surface area (Å²) in [6, 6.07) is 11.5. The molecule has 0 aliphatic heterocycles. The number of para-hydroxylation sites is 2. The molecule has 0 radical (unpaired) electrons. The Hall–Kier alpha value is -1.94. The van der Waals surface area contributed by atoms with Gasteiger partial charge in [0.2, 0.25) is 5.43 Å². The first-order valence-corrected chi connectivity index (χ1v) is 7.73. The molecule has 0 unspecified atom stereocenters. The van der Waals surface area contributed by atoms with E-state index in [1.165, 1.54) is 0 Å². The van der Waals surface area contributed by atoms with E-state index in [2.05, 4.69) is 0 Å². The molecule has 2 N–H and O–H groups in total. The minimum absolute atomic E-state index is 0.200. The van der Waals surface area contributed by atoms with Crippen LogP contribution in [-0.4, -0.2) is 9.79 Å². The molecule has 0 aliphatic carbocycles. The summed E-state index contributed by atoms with van der Waals surface area (Å²) in [5.74, 6) is 0. The summed E-state index contributed by atoms with van der Waals surface area (Å²) in [6.45, 7) is 0. The molecule has 0 fully saturated rings. The number of rotatable bonds is 2. The topological polar surface area (TPSA) is 87.7 Å². The van der Waals surface area contributed by atoms with Crippen LogP contribution >= 0.6 is 7.60 Å². The average molecular weight is 290 g/mol. The van der Waals surface area contributed by atoms with Gasteiger partial charge in [0.15, 0.2) is 0 Å². The van der Waals surface area contributed by atoms with E-state index < -0.39 is 13.8 Å². The van der Waals surface area contributed by atoms with E-state index in [1.54, 1.807) is 42.5 Å². The number of benzene rings is 2. The number of hydrogen-bond donors (Lipinski definition) is 2. The van der Waals surface area contributed by atoms with Crippen molar-refractivity contribution < 1.29 is 18.8 Å². The van der Waals surface area contributed by atoms with Gasteiger partial charge in [-0.25, -0.2) is 0 Å². The summed E-state index contributed by atoms with van der Waals surface area (Å²) in [5.41, 5.74) is 0.774. The van der Waals surface area contributed by atoms with Crippen molar-refractivity contribution in [3.05, 3.63) is 58.3 Å². The summed E-state index contributed by atoms with van der Waals surface area (Å²) in [6.07, 6.45) is -0.453. The third-order valence-electron chi connectivity index (χ3n) is 3.06.